The van der Waals surface area contributed by atoms with Gasteiger partial charge < -0.3 is 5.32 Å². The minimum Gasteiger partial charge on any atom is -0.380 e. The fourth-order valence-corrected chi connectivity index (χ4v) is 5.78. The summed E-state index contributed by atoms with van der Waals surface area (Å²) in [7, 11) is 1.74. The van der Waals surface area contributed by atoms with E-state index in [9.17, 15) is 9.18 Å². The van der Waals surface area contributed by atoms with E-state index in [2.05, 4.69) is 15.4 Å². The van der Waals surface area contributed by atoms with Gasteiger partial charge in [0, 0.05) is 36.9 Å². The molecule has 5 heterocycles. The zero-order valence-electron chi connectivity index (χ0n) is 22.4. The Morgan fingerprint density at radius 2 is 1.80 bits per heavy atom. The maximum Gasteiger partial charge on any atom is 0.338 e. The van der Waals surface area contributed by atoms with E-state index in [1.807, 2.05) is 13.1 Å². The molecule has 0 saturated heterocycles. The number of benzene rings is 2. The highest BCUT2D eigenvalue weighted by molar-refractivity contribution is 5.82. The molecule has 0 unspecified atom stereocenters. The molecule has 40 heavy (non-hydrogen) atoms. The second kappa shape index (κ2) is 8.60. The summed E-state index contributed by atoms with van der Waals surface area (Å²) >= 11 is 0. The predicted molar refractivity (Wildman–Crippen MR) is 148 cm³/mol. The lowest BCUT2D eigenvalue weighted by Crippen LogP contribution is -2.29. The molecular formula is C29H26F2N8O. The molecule has 0 amide bonds. The highest BCUT2D eigenvalue weighted by Crippen LogP contribution is 2.39. The van der Waals surface area contributed by atoms with E-state index in [0.29, 0.717) is 39.2 Å². The monoisotopic (exact) mass is 540 g/mol. The maximum absolute atomic E-state index is 15.6. The number of aromatic nitrogens is 6. The lowest BCUT2D eigenvalue weighted by Gasteiger charge is -2.27. The van der Waals surface area contributed by atoms with Crippen LogP contribution in [-0.2, 0) is 7.05 Å². The van der Waals surface area contributed by atoms with Crippen molar-refractivity contribution in [3.05, 3.63) is 93.1 Å². The molecule has 9 nitrogen and oxygen atoms in total. The number of imidazole rings is 1. The Balaban J connectivity index is 1.49. The van der Waals surface area contributed by atoms with Crippen LogP contribution in [0.15, 0.2) is 58.3 Å². The van der Waals surface area contributed by atoms with Gasteiger partial charge >= 0.3 is 5.69 Å². The third kappa shape index (κ3) is 3.36. The first kappa shape index (κ1) is 24.3. The van der Waals surface area contributed by atoms with Gasteiger partial charge in [0.25, 0.3) is 0 Å². The zero-order chi connectivity index (χ0) is 27.9. The Morgan fingerprint density at radius 1 is 1.05 bits per heavy atom. The average Bonchev–Trinajstić information content (AvgIpc) is 3.63. The smallest absolute Gasteiger partial charge is 0.338 e. The van der Waals surface area contributed by atoms with E-state index in [4.69, 9.17) is 5.10 Å². The molecule has 2 aromatic carbocycles. The Labute approximate surface area is 227 Å². The van der Waals surface area contributed by atoms with E-state index in [-0.39, 0.29) is 17.5 Å². The largest absolute Gasteiger partial charge is 0.380 e. The first-order chi connectivity index (χ1) is 19.2. The van der Waals surface area contributed by atoms with Crippen molar-refractivity contribution in [3.63, 3.8) is 0 Å². The minimum atomic E-state index is -0.535. The third-order valence-corrected chi connectivity index (χ3v) is 7.75. The van der Waals surface area contributed by atoms with Crippen LogP contribution in [0, 0.1) is 25.5 Å². The van der Waals surface area contributed by atoms with Crippen LogP contribution >= 0.6 is 0 Å². The normalized spacial score (nSPS) is 16.4. The van der Waals surface area contributed by atoms with Gasteiger partial charge in [-0.3, -0.25) is 18.8 Å². The van der Waals surface area contributed by atoms with Crippen molar-refractivity contribution in [2.24, 2.45) is 12.0 Å². The number of allylic oxidation sites excluding steroid dienone is 1. The summed E-state index contributed by atoms with van der Waals surface area (Å²) < 4.78 is 36.2. The molecule has 11 heteroatoms. The molecule has 202 valence electrons. The SMILES string of the molecule is Cc1cc(-n2nc3c(c2-n2ccn(-c4ccc5c(cnn5C)c4F)c2=O)[C@H](C)NC2=C3N=CCC2)cc(C)c1F. The Bertz CT molecular complexity index is 1960. The molecule has 3 aromatic heterocycles. The number of aryl methyl sites for hydroxylation is 3. The van der Waals surface area contributed by atoms with Gasteiger partial charge in [-0.05, 0) is 69.0 Å². The van der Waals surface area contributed by atoms with Crippen molar-refractivity contribution >= 4 is 22.8 Å². The molecule has 5 aromatic rings. The molecule has 0 bridgehead atoms. The Morgan fingerprint density at radius 3 is 2.58 bits per heavy atom. The van der Waals surface area contributed by atoms with E-state index in [1.54, 1.807) is 60.7 Å². The summed E-state index contributed by atoms with van der Waals surface area (Å²) in [6.45, 7) is 5.41. The first-order valence-corrected chi connectivity index (χ1v) is 13.1. The second-order valence-electron chi connectivity index (χ2n) is 10.4. The minimum absolute atomic E-state index is 0.116. The Kier molecular flexibility index (Phi) is 5.22. The van der Waals surface area contributed by atoms with Crippen LogP contribution in [0.2, 0.25) is 0 Å². The molecule has 0 saturated carbocycles. The fraction of sp³-hybridized carbons (Fsp3) is 0.241. The molecule has 0 radical (unpaired) electrons. The van der Waals surface area contributed by atoms with Gasteiger partial charge in [-0.25, -0.2) is 18.3 Å². The van der Waals surface area contributed by atoms with Crippen molar-refractivity contribution in [2.75, 3.05) is 0 Å². The van der Waals surface area contributed by atoms with Crippen molar-refractivity contribution < 1.29 is 8.78 Å². The molecule has 0 aliphatic carbocycles. The Hall–Kier alpha value is -4.80. The number of aliphatic imine (C=N–C) groups is 1. The molecule has 0 spiro atoms. The van der Waals surface area contributed by atoms with Gasteiger partial charge in [-0.2, -0.15) is 10.2 Å². The highest BCUT2D eigenvalue weighted by atomic mass is 19.1. The maximum atomic E-state index is 15.6. The molecule has 7 rings (SSSR count). The van der Waals surface area contributed by atoms with Crippen LogP contribution in [0.1, 0.15) is 48.2 Å². The van der Waals surface area contributed by atoms with Gasteiger partial charge in [-0.15, -0.1) is 0 Å². The lowest BCUT2D eigenvalue weighted by molar-refractivity contribution is 0.607. The molecule has 1 atom stereocenters. The number of hydrogen-bond donors (Lipinski definition) is 1. The lowest BCUT2D eigenvalue weighted by atomic mass is 9.97. The van der Waals surface area contributed by atoms with Gasteiger partial charge in [-0.1, -0.05) is 0 Å². The van der Waals surface area contributed by atoms with Crippen LogP contribution in [0.3, 0.4) is 0 Å². The van der Waals surface area contributed by atoms with Crippen molar-refractivity contribution in [1.29, 1.82) is 0 Å². The van der Waals surface area contributed by atoms with E-state index >= 15 is 4.39 Å². The van der Waals surface area contributed by atoms with E-state index in [1.165, 1.54) is 21.5 Å². The van der Waals surface area contributed by atoms with Crippen LogP contribution in [0.25, 0.3) is 33.8 Å². The fourth-order valence-electron chi connectivity index (χ4n) is 5.78. The van der Waals surface area contributed by atoms with Crippen molar-refractivity contribution in [2.45, 2.75) is 39.7 Å². The molecule has 1 N–H and O–H groups in total. The third-order valence-electron chi connectivity index (χ3n) is 7.75. The summed E-state index contributed by atoms with van der Waals surface area (Å²) in [5, 5.41) is 13.0. The van der Waals surface area contributed by atoms with Crippen LogP contribution in [0.5, 0.6) is 0 Å². The molecule has 2 aliphatic heterocycles. The quantitative estimate of drug-likeness (QED) is 0.357. The molecular weight excluding hydrogens is 514 g/mol. The summed E-state index contributed by atoms with van der Waals surface area (Å²) in [5.74, 6) is -0.338. The van der Waals surface area contributed by atoms with Gasteiger partial charge in [0.05, 0.1) is 34.5 Å². The second-order valence-corrected chi connectivity index (χ2v) is 10.4. The summed E-state index contributed by atoms with van der Waals surface area (Å²) in [6, 6.07) is 6.54. The van der Waals surface area contributed by atoms with Crippen molar-refractivity contribution in [1.82, 2.24) is 34.0 Å². The van der Waals surface area contributed by atoms with Gasteiger partial charge in [0.1, 0.15) is 17.2 Å². The molecule has 0 fully saturated rings. The van der Waals surface area contributed by atoms with Crippen molar-refractivity contribution in [3.8, 4) is 17.2 Å². The van der Waals surface area contributed by atoms with Crippen LogP contribution in [-0.4, -0.2) is 34.9 Å². The van der Waals surface area contributed by atoms with E-state index < -0.39 is 11.5 Å². The van der Waals surface area contributed by atoms with Crippen LogP contribution in [0.4, 0.5) is 8.78 Å². The molecule has 2 aliphatic rings. The number of fused-ring (bicyclic) bond motifs is 3. The first-order valence-electron chi connectivity index (χ1n) is 13.1. The van der Waals surface area contributed by atoms with Gasteiger partial charge in [0.2, 0.25) is 0 Å². The number of nitrogens with one attached hydrogen (secondary N) is 1. The summed E-state index contributed by atoms with van der Waals surface area (Å²) in [4.78, 5) is 18.6. The average molecular weight is 541 g/mol. The van der Waals surface area contributed by atoms with Crippen LogP contribution < -0.4 is 11.0 Å². The number of hydrogen-bond acceptors (Lipinski definition) is 5. The topological polar surface area (TPSA) is 87.0 Å². The zero-order valence-corrected chi connectivity index (χ0v) is 22.4. The summed E-state index contributed by atoms with van der Waals surface area (Å²) in [5.41, 5.74) is 4.98. The summed E-state index contributed by atoms with van der Waals surface area (Å²) in [6.07, 6.45) is 8.10. The van der Waals surface area contributed by atoms with Gasteiger partial charge in [0.15, 0.2) is 11.6 Å². The number of nitrogens with zero attached hydrogens (tertiary/aromatic N) is 7. The number of halogens is 2. The number of rotatable bonds is 3. The van der Waals surface area contributed by atoms with E-state index in [0.717, 1.165) is 29.8 Å². The standard InChI is InChI=1S/C29H26F2N8O/c1-15-12-18(13-16(2)24(15)30)39-28(23-17(3)34-20-6-5-9-32-26(20)27(23)35-39)38-11-10-37(29(38)40)22-8-7-21-19(25(22)31)14-33-36(21)4/h7-14,17,34H,5-6H2,1-4H3/t17-/m0/s1. The predicted octanol–water partition coefficient (Wildman–Crippen LogP) is 4.79. The highest BCUT2D eigenvalue weighted by Gasteiger charge is 2.34.